The van der Waals surface area contributed by atoms with Gasteiger partial charge in [-0.3, -0.25) is 9.59 Å². The lowest BCUT2D eigenvalue weighted by Crippen LogP contribution is -2.31. The van der Waals surface area contributed by atoms with Crippen LogP contribution in [0.4, 0.5) is 5.69 Å². The zero-order valence-corrected chi connectivity index (χ0v) is 9.36. The van der Waals surface area contributed by atoms with E-state index in [4.69, 9.17) is 22.4 Å². The molecule has 0 radical (unpaired) electrons. The molecular formula is C10H11ClN2O3. The van der Waals surface area contributed by atoms with Crippen LogP contribution < -0.4 is 5.73 Å². The third kappa shape index (κ3) is 2.87. The third-order valence-corrected chi connectivity index (χ3v) is 2.29. The second-order valence-corrected chi connectivity index (χ2v) is 3.70. The number of nitrogen functional groups attached to an aromatic ring is 1. The van der Waals surface area contributed by atoms with Gasteiger partial charge in [0.15, 0.2) is 0 Å². The number of carboxylic acid groups (broad SMARTS) is 1. The van der Waals surface area contributed by atoms with E-state index < -0.39 is 11.9 Å². The van der Waals surface area contributed by atoms with Gasteiger partial charge in [-0.2, -0.15) is 0 Å². The number of benzene rings is 1. The van der Waals surface area contributed by atoms with Crippen LogP contribution in [0.2, 0.25) is 5.02 Å². The van der Waals surface area contributed by atoms with E-state index in [2.05, 4.69) is 0 Å². The van der Waals surface area contributed by atoms with Gasteiger partial charge in [0.05, 0.1) is 10.7 Å². The topological polar surface area (TPSA) is 83.6 Å². The van der Waals surface area contributed by atoms with Gasteiger partial charge in [-0.15, -0.1) is 0 Å². The molecule has 0 atom stereocenters. The lowest BCUT2D eigenvalue weighted by molar-refractivity contribution is -0.137. The van der Waals surface area contributed by atoms with Gasteiger partial charge in [0.2, 0.25) is 0 Å². The zero-order chi connectivity index (χ0) is 12.3. The molecule has 5 nitrogen and oxygen atoms in total. The van der Waals surface area contributed by atoms with Crippen LogP contribution in [0, 0.1) is 0 Å². The van der Waals surface area contributed by atoms with E-state index in [9.17, 15) is 9.59 Å². The van der Waals surface area contributed by atoms with E-state index in [1.54, 1.807) is 0 Å². The van der Waals surface area contributed by atoms with Crippen LogP contribution in [0.15, 0.2) is 18.2 Å². The van der Waals surface area contributed by atoms with Gasteiger partial charge >= 0.3 is 5.97 Å². The summed E-state index contributed by atoms with van der Waals surface area (Å²) in [6, 6.07) is 4.42. The smallest absolute Gasteiger partial charge is 0.323 e. The fourth-order valence-electron chi connectivity index (χ4n) is 1.16. The Kier molecular flexibility index (Phi) is 3.73. The Labute approximate surface area is 97.4 Å². The number of carbonyl (C=O) groups is 2. The van der Waals surface area contributed by atoms with Gasteiger partial charge in [-0.25, -0.2) is 0 Å². The largest absolute Gasteiger partial charge is 0.480 e. The molecule has 0 aliphatic carbocycles. The molecule has 0 fully saturated rings. The maximum Gasteiger partial charge on any atom is 0.323 e. The quantitative estimate of drug-likeness (QED) is 0.777. The Morgan fingerprint density at radius 2 is 2.12 bits per heavy atom. The van der Waals surface area contributed by atoms with Gasteiger partial charge in [-0.05, 0) is 18.2 Å². The fourth-order valence-corrected chi connectivity index (χ4v) is 1.34. The Hall–Kier alpha value is -1.75. The number of halogens is 1. The number of carboxylic acids is 1. The van der Waals surface area contributed by atoms with Crippen LogP contribution in [-0.4, -0.2) is 35.5 Å². The van der Waals surface area contributed by atoms with Gasteiger partial charge in [0.25, 0.3) is 5.91 Å². The van der Waals surface area contributed by atoms with Crippen molar-refractivity contribution in [3.63, 3.8) is 0 Å². The highest BCUT2D eigenvalue weighted by molar-refractivity contribution is 6.33. The number of carbonyl (C=O) groups excluding carboxylic acids is 1. The number of hydrogen-bond acceptors (Lipinski definition) is 3. The predicted octanol–water partition coefficient (Wildman–Crippen LogP) is 1.08. The minimum atomic E-state index is -1.07. The van der Waals surface area contributed by atoms with Crippen molar-refractivity contribution in [1.82, 2.24) is 4.90 Å². The summed E-state index contributed by atoms with van der Waals surface area (Å²) in [4.78, 5) is 23.2. The monoisotopic (exact) mass is 242 g/mol. The van der Waals surface area contributed by atoms with Crippen LogP contribution in [0.1, 0.15) is 10.4 Å². The van der Waals surface area contributed by atoms with Crippen LogP contribution in [0.3, 0.4) is 0 Å². The van der Waals surface area contributed by atoms with Crippen LogP contribution in [0.5, 0.6) is 0 Å². The van der Waals surface area contributed by atoms with Gasteiger partial charge in [0.1, 0.15) is 6.54 Å². The standard InChI is InChI=1S/C10H11ClN2O3/c1-13(5-9(14)15)10(16)6-2-3-8(12)7(11)4-6/h2-4H,5,12H2,1H3,(H,14,15). The molecule has 0 heterocycles. The van der Waals surface area contributed by atoms with E-state index in [0.717, 1.165) is 4.90 Å². The van der Waals surface area contributed by atoms with Gasteiger partial charge < -0.3 is 15.7 Å². The van der Waals surface area contributed by atoms with Crippen LogP contribution >= 0.6 is 11.6 Å². The number of nitrogens with zero attached hydrogens (tertiary/aromatic N) is 1. The molecule has 0 aliphatic heterocycles. The number of likely N-dealkylation sites (N-methyl/N-ethyl adjacent to an activating group) is 1. The Bertz CT molecular complexity index is 434. The first-order chi connectivity index (χ1) is 7.41. The zero-order valence-electron chi connectivity index (χ0n) is 8.61. The highest BCUT2D eigenvalue weighted by atomic mass is 35.5. The summed E-state index contributed by atoms with van der Waals surface area (Å²) in [5.41, 5.74) is 6.18. The summed E-state index contributed by atoms with van der Waals surface area (Å²) in [5, 5.41) is 8.81. The summed E-state index contributed by atoms with van der Waals surface area (Å²) in [6.07, 6.45) is 0. The number of amides is 1. The Morgan fingerprint density at radius 1 is 1.50 bits per heavy atom. The first-order valence-corrected chi connectivity index (χ1v) is 4.82. The van der Waals surface area contributed by atoms with Crippen molar-refractivity contribution in [3.8, 4) is 0 Å². The molecule has 1 aromatic rings. The Balaban J connectivity index is 2.88. The summed E-state index contributed by atoms with van der Waals surface area (Å²) in [6.45, 7) is -0.360. The molecule has 0 unspecified atom stereocenters. The maximum atomic E-state index is 11.7. The third-order valence-electron chi connectivity index (χ3n) is 1.97. The van der Waals surface area contributed by atoms with Crippen molar-refractivity contribution < 1.29 is 14.7 Å². The number of rotatable bonds is 3. The lowest BCUT2D eigenvalue weighted by Gasteiger charge is -2.14. The van der Waals surface area contributed by atoms with Crippen molar-refractivity contribution in [1.29, 1.82) is 0 Å². The molecular weight excluding hydrogens is 232 g/mol. The average Bonchev–Trinajstić information content (AvgIpc) is 2.20. The first-order valence-electron chi connectivity index (χ1n) is 4.44. The molecule has 16 heavy (non-hydrogen) atoms. The van der Waals surface area contributed by atoms with Crippen molar-refractivity contribution in [2.75, 3.05) is 19.3 Å². The summed E-state index contributed by atoms with van der Waals surface area (Å²) < 4.78 is 0. The molecule has 1 aromatic carbocycles. The van der Waals surface area contributed by atoms with Crippen molar-refractivity contribution in [2.45, 2.75) is 0 Å². The normalized spacial score (nSPS) is 9.88. The van der Waals surface area contributed by atoms with Crippen LogP contribution in [0.25, 0.3) is 0 Å². The minimum absolute atomic E-state index is 0.273. The molecule has 0 saturated carbocycles. The summed E-state index contributed by atoms with van der Waals surface area (Å²) in [7, 11) is 1.40. The second-order valence-electron chi connectivity index (χ2n) is 3.29. The summed E-state index contributed by atoms with van der Waals surface area (Å²) >= 11 is 5.76. The maximum absolute atomic E-state index is 11.7. The van der Waals surface area contributed by atoms with E-state index in [1.165, 1.54) is 25.2 Å². The van der Waals surface area contributed by atoms with E-state index in [-0.39, 0.29) is 11.6 Å². The van der Waals surface area contributed by atoms with Crippen molar-refractivity contribution in [2.24, 2.45) is 0 Å². The second kappa shape index (κ2) is 4.85. The molecule has 1 amide bonds. The van der Waals surface area contributed by atoms with Crippen molar-refractivity contribution >= 4 is 29.2 Å². The van der Waals surface area contributed by atoms with Gasteiger partial charge in [0, 0.05) is 12.6 Å². The molecule has 0 aliphatic rings. The molecule has 1 rings (SSSR count). The molecule has 0 aromatic heterocycles. The molecule has 6 heteroatoms. The predicted molar refractivity (Wildman–Crippen MR) is 60.5 cm³/mol. The number of hydrogen-bond donors (Lipinski definition) is 2. The van der Waals surface area contributed by atoms with Crippen molar-refractivity contribution in [3.05, 3.63) is 28.8 Å². The van der Waals surface area contributed by atoms with Gasteiger partial charge in [-0.1, -0.05) is 11.6 Å². The highest BCUT2D eigenvalue weighted by Crippen LogP contribution is 2.20. The van der Waals surface area contributed by atoms with Crippen LogP contribution in [-0.2, 0) is 4.79 Å². The molecule has 3 N–H and O–H groups in total. The lowest BCUT2D eigenvalue weighted by atomic mass is 10.2. The van der Waals surface area contributed by atoms with E-state index in [1.807, 2.05) is 0 Å². The SMILES string of the molecule is CN(CC(=O)O)C(=O)c1ccc(N)c(Cl)c1. The Morgan fingerprint density at radius 3 is 2.62 bits per heavy atom. The fraction of sp³-hybridized carbons (Fsp3) is 0.200. The van der Waals surface area contributed by atoms with E-state index in [0.29, 0.717) is 11.3 Å². The first kappa shape index (κ1) is 12.3. The molecule has 0 spiro atoms. The summed E-state index contributed by atoms with van der Waals surface area (Å²) in [5.74, 6) is -1.48. The minimum Gasteiger partial charge on any atom is -0.480 e. The number of anilines is 1. The average molecular weight is 243 g/mol. The molecule has 0 saturated heterocycles. The van der Waals surface area contributed by atoms with E-state index >= 15 is 0 Å². The highest BCUT2D eigenvalue weighted by Gasteiger charge is 2.14. The number of aliphatic carboxylic acids is 1. The molecule has 0 bridgehead atoms. The molecule has 86 valence electrons. The number of nitrogens with two attached hydrogens (primary N) is 1.